The van der Waals surface area contributed by atoms with Gasteiger partial charge in [-0.1, -0.05) is 53.7 Å². The fourth-order valence-electron chi connectivity index (χ4n) is 3.74. The lowest BCUT2D eigenvalue weighted by molar-refractivity contribution is -0.113. The molecular weight excluding hydrogens is 424 g/mol. The van der Waals surface area contributed by atoms with E-state index in [1.54, 1.807) is 11.3 Å². The molecule has 1 amide bonds. The molecule has 1 aliphatic rings. The summed E-state index contributed by atoms with van der Waals surface area (Å²) in [6.45, 7) is 2.05. The minimum atomic E-state index is -0.0585. The predicted octanol–water partition coefficient (Wildman–Crippen LogP) is 5.67. The third-order valence-electron chi connectivity index (χ3n) is 5.28. The molecule has 0 atom stereocenters. The number of hydrogen-bond donors (Lipinski definition) is 1. The third-order valence-corrected chi connectivity index (χ3v) is 7.34. The molecule has 0 saturated carbocycles. The molecule has 0 aliphatic heterocycles. The minimum Gasteiger partial charge on any atom is -0.301 e. The summed E-state index contributed by atoms with van der Waals surface area (Å²) in [4.78, 5) is 28.1. The molecule has 1 aliphatic carbocycles. The van der Waals surface area contributed by atoms with Gasteiger partial charge in [-0.25, -0.2) is 15.0 Å². The van der Waals surface area contributed by atoms with Crippen molar-refractivity contribution < 1.29 is 4.79 Å². The molecule has 0 saturated heterocycles. The Balaban J connectivity index is 1.38. The molecule has 2 heterocycles. The number of carbonyl (C=O) groups excluding carboxylic acids is 1. The number of nitrogens with one attached hydrogen (secondary N) is 1. The molecule has 156 valence electrons. The van der Waals surface area contributed by atoms with Crippen LogP contribution in [0, 0.1) is 6.92 Å². The molecule has 5 nitrogen and oxygen atoms in total. The quantitative estimate of drug-likeness (QED) is 0.316. The van der Waals surface area contributed by atoms with Crippen LogP contribution in [-0.4, -0.2) is 26.6 Å². The van der Waals surface area contributed by atoms with Crippen molar-refractivity contribution in [2.75, 3.05) is 11.1 Å². The molecular formula is C24H22N4OS2. The number of fused-ring (bicyclic) bond motifs is 2. The zero-order valence-electron chi connectivity index (χ0n) is 17.2. The van der Waals surface area contributed by atoms with Gasteiger partial charge in [0.2, 0.25) is 5.91 Å². The van der Waals surface area contributed by atoms with Crippen molar-refractivity contribution in [2.45, 2.75) is 37.6 Å². The summed E-state index contributed by atoms with van der Waals surface area (Å²) in [5.41, 5.74) is 4.15. The third kappa shape index (κ3) is 4.48. The predicted molar refractivity (Wildman–Crippen MR) is 128 cm³/mol. The Morgan fingerprint density at radius 3 is 2.74 bits per heavy atom. The number of thiazole rings is 1. The van der Waals surface area contributed by atoms with Gasteiger partial charge in [0.05, 0.1) is 17.0 Å². The van der Waals surface area contributed by atoms with Crippen LogP contribution in [0.4, 0.5) is 5.13 Å². The van der Waals surface area contributed by atoms with E-state index in [-0.39, 0.29) is 11.7 Å². The summed E-state index contributed by atoms with van der Waals surface area (Å²) < 4.78 is 0. The van der Waals surface area contributed by atoms with E-state index >= 15 is 0 Å². The number of aryl methyl sites for hydroxylation is 3. The zero-order chi connectivity index (χ0) is 21.2. The number of benzene rings is 2. The smallest absolute Gasteiger partial charge is 0.236 e. The number of carbonyl (C=O) groups is 1. The molecule has 0 radical (unpaired) electrons. The van der Waals surface area contributed by atoms with Crippen molar-refractivity contribution in [1.29, 1.82) is 0 Å². The van der Waals surface area contributed by atoms with E-state index in [0.717, 1.165) is 45.6 Å². The van der Waals surface area contributed by atoms with E-state index in [1.165, 1.54) is 29.5 Å². The van der Waals surface area contributed by atoms with Crippen LogP contribution in [0.1, 0.15) is 29.0 Å². The van der Waals surface area contributed by atoms with Gasteiger partial charge in [0, 0.05) is 15.8 Å². The number of aromatic nitrogens is 3. The fraction of sp³-hybridized carbons (Fsp3) is 0.250. The van der Waals surface area contributed by atoms with Crippen molar-refractivity contribution >= 4 is 45.0 Å². The summed E-state index contributed by atoms with van der Waals surface area (Å²) in [6, 6.07) is 16.1. The second kappa shape index (κ2) is 8.77. The Morgan fingerprint density at radius 1 is 1.06 bits per heavy atom. The van der Waals surface area contributed by atoms with E-state index in [9.17, 15) is 4.79 Å². The first-order chi connectivity index (χ1) is 15.2. The van der Waals surface area contributed by atoms with E-state index in [1.807, 2.05) is 36.4 Å². The highest BCUT2D eigenvalue weighted by Crippen LogP contribution is 2.31. The lowest BCUT2D eigenvalue weighted by Gasteiger charge is -2.09. The average Bonchev–Trinajstić information content (AvgIpc) is 3.20. The van der Waals surface area contributed by atoms with Crippen molar-refractivity contribution in [3.63, 3.8) is 0 Å². The Bertz CT molecular complexity index is 1230. The molecule has 2 aromatic carbocycles. The summed E-state index contributed by atoms with van der Waals surface area (Å²) in [7, 11) is 0. The second-order valence-electron chi connectivity index (χ2n) is 7.67. The van der Waals surface area contributed by atoms with Crippen molar-refractivity contribution in [3.05, 3.63) is 64.7 Å². The molecule has 4 aromatic rings. The number of thioether (sulfide) groups is 1. The first-order valence-electron chi connectivity index (χ1n) is 10.4. The number of anilines is 1. The van der Waals surface area contributed by atoms with Gasteiger partial charge >= 0.3 is 0 Å². The first-order valence-corrected chi connectivity index (χ1v) is 12.2. The van der Waals surface area contributed by atoms with Gasteiger partial charge in [-0.05, 0) is 44.7 Å². The Hall–Kier alpha value is -2.77. The highest BCUT2D eigenvalue weighted by molar-refractivity contribution is 8.00. The molecule has 0 fully saturated rings. The van der Waals surface area contributed by atoms with Gasteiger partial charge in [0.1, 0.15) is 5.03 Å². The SMILES string of the molecule is Cc1ccc2nc(-c3ccccc3)nc(SCC(=O)Nc3nc4c(s3)CCCC4)c2c1. The standard InChI is InChI=1S/C24H22N4OS2/c1-15-11-12-18-17(13-15)23(28-22(25-18)16-7-3-2-4-8-16)30-14-21(29)27-24-26-19-9-5-6-10-20(19)31-24/h2-4,7-8,11-13H,5-6,9-10,14H2,1H3,(H,26,27,29). The summed E-state index contributed by atoms with van der Waals surface area (Å²) in [6.07, 6.45) is 4.49. The van der Waals surface area contributed by atoms with Crippen LogP contribution in [0.5, 0.6) is 0 Å². The highest BCUT2D eigenvalue weighted by atomic mass is 32.2. The monoisotopic (exact) mass is 446 g/mol. The molecule has 0 unspecified atom stereocenters. The fourth-order valence-corrected chi connectivity index (χ4v) is 5.61. The van der Waals surface area contributed by atoms with Crippen LogP contribution < -0.4 is 5.32 Å². The van der Waals surface area contributed by atoms with Gasteiger partial charge in [-0.3, -0.25) is 4.79 Å². The van der Waals surface area contributed by atoms with Crippen LogP contribution in [0.3, 0.4) is 0 Å². The lowest BCUT2D eigenvalue weighted by atomic mass is 10.0. The molecule has 31 heavy (non-hydrogen) atoms. The molecule has 0 bridgehead atoms. The van der Waals surface area contributed by atoms with Crippen LogP contribution >= 0.6 is 23.1 Å². The number of nitrogens with zero attached hydrogens (tertiary/aromatic N) is 3. The summed E-state index contributed by atoms with van der Waals surface area (Å²) in [5.74, 6) is 0.891. The van der Waals surface area contributed by atoms with Crippen LogP contribution in [0.25, 0.3) is 22.3 Å². The minimum absolute atomic E-state index is 0.0585. The first kappa shape index (κ1) is 20.2. The lowest BCUT2D eigenvalue weighted by Crippen LogP contribution is -2.14. The highest BCUT2D eigenvalue weighted by Gasteiger charge is 2.17. The molecule has 0 spiro atoms. The summed E-state index contributed by atoms with van der Waals surface area (Å²) in [5, 5.41) is 5.49. The van der Waals surface area contributed by atoms with Crippen molar-refractivity contribution in [3.8, 4) is 11.4 Å². The molecule has 7 heteroatoms. The maximum atomic E-state index is 12.6. The van der Waals surface area contributed by atoms with Gasteiger partial charge in [-0.2, -0.15) is 0 Å². The van der Waals surface area contributed by atoms with Crippen molar-refractivity contribution in [1.82, 2.24) is 15.0 Å². The maximum Gasteiger partial charge on any atom is 0.236 e. The second-order valence-corrected chi connectivity index (χ2v) is 9.72. The number of amides is 1. The maximum absolute atomic E-state index is 12.6. The molecule has 1 N–H and O–H groups in total. The zero-order valence-corrected chi connectivity index (χ0v) is 18.9. The van der Waals surface area contributed by atoms with Crippen molar-refractivity contribution in [2.24, 2.45) is 0 Å². The van der Waals surface area contributed by atoms with Crippen LogP contribution in [0.2, 0.25) is 0 Å². The molecule has 2 aromatic heterocycles. The van der Waals surface area contributed by atoms with E-state index < -0.39 is 0 Å². The average molecular weight is 447 g/mol. The van der Waals surface area contributed by atoms with Crippen LogP contribution in [0.15, 0.2) is 53.6 Å². The Morgan fingerprint density at radius 2 is 1.90 bits per heavy atom. The largest absolute Gasteiger partial charge is 0.301 e. The number of rotatable bonds is 5. The van der Waals surface area contributed by atoms with E-state index in [0.29, 0.717) is 11.0 Å². The van der Waals surface area contributed by atoms with E-state index in [4.69, 9.17) is 9.97 Å². The normalized spacial score (nSPS) is 13.2. The Kier molecular flexibility index (Phi) is 5.70. The topological polar surface area (TPSA) is 67.8 Å². The van der Waals surface area contributed by atoms with Crippen LogP contribution in [-0.2, 0) is 17.6 Å². The van der Waals surface area contributed by atoms with Gasteiger partial charge < -0.3 is 5.32 Å². The van der Waals surface area contributed by atoms with Gasteiger partial charge in [0.25, 0.3) is 0 Å². The molecule has 5 rings (SSSR count). The summed E-state index contributed by atoms with van der Waals surface area (Å²) >= 11 is 3.05. The van der Waals surface area contributed by atoms with Gasteiger partial charge in [-0.15, -0.1) is 11.3 Å². The Labute approximate surface area is 189 Å². The number of hydrogen-bond acceptors (Lipinski definition) is 6. The van der Waals surface area contributed by atoms with Gasteiger partial charge in [0.15, 0.2) is 11.0 Å². The van der Waals surface area contributed by atoms with E-state index in [2.05, 4.69) is 29.4 Å².